The monoisotopic (exact) mass is 425 g/mol. The molecule has 3 fully saturated rings. The van der Waals surface area contributed by atoms with Crippen molar-refractivity contribution in [1.82, 2.24) is 19.8 Å². The van der Waals surface area contributed by atoms with Crippen LogP contribution in [-0.2, 0) is 17.4 Å². The van der Waals surface area contributed by atoms with Crippen molar-refractivity contribution >= 4 is 11.9 Å². The number of primary amides is 1. The second-order valence-electron chi connectivity index (χ2n) is 9.01. The van der Waals surface area contributed by atoms with E-state index in [9.17, 15) is 22.8 Å². The van der Waals surface area contributed by atoms with Crippen molar-refractivity contribution in [2.75, 3.05) is 26.2 Å². The molecule has 4 rings (SSSR count). The van der Waals surface area contributed by atoms with Crippen LogP contribution in [0, 0.1) is 17.3 Å². The van der Waals surface area contributed by atoms with Gasteiger partial charge in [-0.3, -0.25) is 9.78 Å². The van der Waals surface area contributed by atoms with Crippen molar-refractivity contribution in [2.24, 2.45) is 23.0 Å². The fourth-order valence-corrected chi connectivity index (χ4v) is 4.98. The first kappa shape index (κ1) is 20.9. The summed E-state index contributed by atoms with van der Waals surface area (Å²) in [6, 6.07) is -0.00785. The summed E-state index contributed by atoms with van der Waals surface area (Å²) in [5.41, 5.74) is 5.12. The lowest BCUT2D eigenvalue weighted by molar-refractivity contribution is -0.141. The Kier molecular flexibility index (Phi) is 5.36. The van der Waals surface area contributed by atoms with Gasteiger partial charge in [0, 0.05) is 37.8 Å². The van der Waals surface area contributed by atoms with Gasteiger partial charge in [-0.25, -0.2) is 9.78 Å². The largest absolute Gasteiger partial charge is 0.434 e. The number of carbonyl (C=O) groups is 2. The van der Waals surface area contributed by atoms with Gasteiger partial charge in [0.2, 0.25) is 5.91 Å². The van der Waals surface area contributed by atoms with Crippen molar-refractivity contribution in [1.29, 1.82) is 0 Å². The van der Waals surface area contributed by atoms with E-state index in [-0.39, 0.29) is 23.3 Å². The Hall–Kier alpha value is -2.39. The van der Waals surface area contributed by atoms with Crippen molar-refractivity contribution in [3.05, 3.63) is 23.8 Å². The van der Waals surface area contributed by atoms with E-state index >= 15 is 0 Å². The minimum absolute atomic E-state index is 0.00785. The highest BCUT2D eigenvalue weighted by molar-refractivity contribution is 5.80. The van der Waals surface area contributed by atoms with Gasteiger partial charge in [0.1, 0.15) is 0 Å². The predicted octanol–water partition coefficient (Wildman–Crippen LogP) is 2.46. The SMILES string of the molecule is NC(=O)[C@H]1CCN(C(=O)N2CC3(CCC(Cc4cnc(C(F)(F)F)cn4)CC3)C2)C1. The lowest BCUT2D eigenvalue weighted by atomic mass is 9.65. The molecule has 1 aliphatic carbocycles. The predicted molar refractivity (Wildman–Crippen MR) is 101 cm³/mol. The number of rotatable bonds is 3. The number of aromatic nitrogens is 2. The smallest absolute Gasteiger partial charge is 0.369 e. The molecule has 3 amide bonds. The molecule has 1 aromatic rings. The molecule has 10 heteroatoms. The van der Waals surface area contributed by atoms with Crippen LogP contribution in [-0.4, -0.2) is 57.9 Å². The Morgan fingerprint density at radius 3 is 2.33 bits per heavy atom. The molecule has 0 aromatic carbocycles. The number of amides is 3. The Labute approximate surface area is 172 Å². The van der Waals surface area contributed by atoms with E-state index in [0.717, 1.165) is 45.0 Å². The molecule has 1 spiro atoms. The van der Waals surface area contributed by atoms with Crippen LogP contribution < -0.4 is 5.73 Å². The molecule has 7 nitrogen and oxygen atoms in total. The van der Waals surface area contributed by atoms with Crippen LogP contribution in [0.25, 0.3) is 0 Å². The highest BCUT2D eigenvalue weighted by Gasteiger charge is 2.48. The summed E-state index contributed by atoms with van der Waals surface area (Å²) >= 11 is 0. The van der Waals surface area contributed by atoms with Gasteiger partial charge < -0.3 is 15.5 Å². The first-order valence-electron chi connectivity index (χ1n) is 10.4. The number of urea groups is 1. The molecule has 0 radical (unpaired) electrons. The summed E-state index contributed by atoms with van der Waals surface area (Å²) in [4.78, 5) is 34.9. The summed E-state index contributed by atoms with van der Waals surface area (Å²) < 4.78 is 37.8. The molecule has 3 heterocycles. The molecular weight excluding hydrogens is 399 g/mol. The molecule has 1 aromatic heterocycles. The summed E-state index contributed by atoms with van der Waals surface area (Å²) in [7, 11) is 0. The molecule has 2 aliphatic heterocycles. The third kappa shape index (κ3) is 4.22. The molecular formula is C20H26F3N5O2. The Bertz CT molecular complexity index is 798. The van der Waals surface area contributed by atoms with E-state index in [2.05, 4.69) is 9.97 Å². The minimum Gasteiger partial charge on any atom is -0.369 e. The maximum Gasteiger partial charge on any atom is 0.434 e. The van der Waals surface area contributed by atoms with Crippen LogP contribution in [0.2, 0.25) is 0 Å². The number of halogens is 3. The Balaban J connectivity index is 1.23. The van der Waals surface area contributed by atoms with Crippen LogP contribution in [0.15, 0.2) is 12.4 Å². The minimum atomic E-state index is -4.47. The first-order valence-corrected chi connectivity index (χ1v) is 10.4. The molecule has 0 bridgehead atoms. The zero-order chi connectivity index (χ0) is 21.5. The van der Waals surface area contributed by atoms with E-state index in [0.29, 0.717) is 37.5 Å². The van der Waals surface area contributed by atoms with Crippen molar-refractivity contribution in [3.63, 3.8) is 0 Å². The fraction of sp³-hybridized carbons (Fsp3) is 0.700. The molecule has 164 valence electrons. The van der Waals surface area contributed by atoms with Crippen molar-refractivity contribution < 1.29 is 22.8 Å². The van der Waals surface area contributed by atoms with Crippen LogP contribution in [0.4, 0.5) is 18.0 Å². The molecule has 2 saturated heterocycles. The van der Waals surface area contributed by atoms with Gasteiger partial charge in [0.05, 0.1) is 17.8 Å². The number of hydrogen-bond donors (Lipinski definition) is 1. The number of nitrogens with two attached hydrogens (primary N) is 1. The zero-order valence-corrected chi connectivity index (χ0v) is 16.7. The number of hydrogen-bond acceptors (Lipinski definition) is 4. The summed E-state index contributed by atoms with van der Waals surface area (Å²) in [5.74, 6) is -0.212. The fourth-order valence-electron chi connectivity index (χ4n) is 4.98. The first-order chi connectivity index (χ1) is 14.2. The highest BCUT2D eigenvalue weighted by atomic mass is 19.4. The maximum absolute atomic E-state index is 12.6. The number of likely N-dealkylation sites (tertiary alicyclic amines) is 2. The topological polar surface area (TPSA) is 92.4 Å². The van der Waals surface area contributed by atoms with Gasteiger partial charge >= 0.3 is 12.2 Å². The average Bonchev–Trinajstić information content (AvgIpc) is 3.17. The molecule has 0 unspecified atom stereocenters. The van der Waals surface area contributed by atoms with Crippen LogP contribution >= 0.6 is 0 Å². The lowest BCUT2D eigenvalue weighted by Crippen LogP contribution is -2.62. The van der Waals surface area contributed by atoms with Crippen LogP contribution in [0.5, 0.6) is 0 Å². The third-order valence-electron chi connectivity index (χ3n) is 6.84. The lowest BCUT2D eigenvalue weighted by Gasteiger charge is -2.54. The summed E-state index contributed by atoms with van der Waals surface area (Å²) in [6.45, 7) is 2.45. The van der Waals surface area contributed by atoms with E-state index in [1.54, 1.807) is 4.90 Å². The van der Waals surface area contributed by atoms with Gasteiger partial charge in [-0.2, -0.15) is 13.2 Å². The Morgan fingerprint density at radius 2 is 1.80 bits per heavy atom. The average molecular weight is 425 g/mol. The molecule has 30 heavy (non-hydrogen) atoms. The second kappa shape index (κ2) is 7.70. The van der Waals surface area contributed by atoms with Gasteiger partial charge in [-0.1, -0.05) is 0 Å². The summed E-state index contributed by atoms with van der Waals surface area (Å²) in [5, 5.41) is 0. The standard InChI is InChI=1S/C20H26F3N5O2/c21-20(22,23)16-9-25-15(8-26-16)7-13-1-4-19(5-2-13)11-28(12-19)18(30)27-6-3-14(10-27)17(24)29/h8-9,13-14H,1-7,10-12H2,(H2,24,29)/t14-/m0/s1. The van der Waals surface area contributed by atoms with Gasteiger partial charge in [-0.15, -0.1) is 0 Å². The van der Waals surface area contributed by atoms with Crippen LogP contribution in [0.3, 0.4) is 0 Å². The quantitative estimate of drug-likeness (QED) is 0.805. The van der Waals surface area contributed by atoms with E-state index in [1.807, 2.05) is 4.90 Å². The van der Waals surface area contributed by atoms with Crippen molar-refractivity contribution in [3.8, 4) is 0 Å². The Morgan fingerprint density at radius 1 is 1.10 bits per heavy atom. The normalized spacial score (nSPS) is 24.2. The third-order valence-corrected chi connectivity index (χ3v) is 6.84. The number of carbonyl (C=O) groups excluding carboxylic acids is 2. The van der Waals surface area contributed by atoms with Gasteiger partial charge in [0.25, 0.3) is 0 Å². The van der Waals surface area contributed by atoms with Crippen molar-refractivity contribution in [2.45, 2.75) is 44.7 Å². The zero-order valence-electron chi connectivity index (χ0n) is 16.7. The van der Waals surface area contributed by atoms with E-state index in [1.165, 1.54) is 6.20 Å². The highest BCUT2D eigenvalue weighted by Crippen LogP contribution is 2.46. The second-order valence-corrected chi connectivity index (χ2v) is 9.01. The molecule has 3 aliphatic rings. The number of nitrogens with zero attached hydrogens (tertiary/aromatic N) is 4. The molecule has 1 atom stereocenters. The van der Waals surface area contributed by atoms with Gasteiger partial charge in [0.15, 0.2) is 5.69 Å². The van der Waals surface area contributed by atoms with Gasteiger partial charge in [-0.05, 0) is 44.4 Å². The van der Waals surface area contributed by atoms with Crippen LogP contribution in [0.1, 0.15) is 43.5 Å². The molecule has 2 N–H and O–H groups in total. The number of alkyl halides is 3. The van der Waals surface area contributed by atoms with E-state index in [4.69, 9.17) is 5.73 Å². The summed E-state index contributed by atoms with van der Waals surface area (Å²) in [6.07, 6.45) is 2.77. The van der Waals surface area contributed by atoms with E-state index < -0.39 is 11.9 Å². The molecule has 1 saturated carbocycles. The maximum atomic E-state index is 12.6.